The third-order valence-corrected chi connectivity index (χ3v) is 2.46. The summed E-state index contributed by atoms with van der Waals surface area (Å²) in [5.74, 6) is -2.26. The molecule has 0 aliphatic heterocycles. The van der Waals surface area contributed by atoms with Crippen LogP contribution in [0.2, 0.25) is 0 Å². The minimum absolute atomic E-state index is 0.298. The lowest BCUT2D eigenvalue weighted by Crippen LogP contribution is -2.30. The van der Waals surface area contributed by atoms with Crippen molar-refractivity contribution < 1.29 is 19.8 Å². The summed E-state index contributed by atoms with van der Waals surface area (Å²) in [7, 11) is 0. The fourth-order valence-electron chi connectivity index (χ4n) is 1.45. The highest BCUT2D eigenvalue weighted by atomic mass is 16.4. The minimum Gasteiger partial charge on any atom is -0.481 e. The van der Waals surface area contributed by atoms with Gasteiger partial charge in [0.25, 0.3) is 0 Å². The second kappa shape index (κ2) is 7.04. The summed E-state index contributed by atoms with van der Waals surface area (Å²) in [5.41, 5.74) is -1.39. The molecule has 0 heterocycles. The van der Waals surface area contributed by atoms with E-state index < -0.39 is 23.8 Å². The van der Waals surface area contributed by atoms with Crippen LogP contribution in [0.5, 0.6) is 0 Å². The Balaban J connectivity index is 4.13. The molecule has 0 bridgehead atoms. The van der Waals surface area contributed by atoms with E-state index in [-0.39, 0.29) is 0 Å². The Labute approximate surface area is 96.0 Å². The number of unbranched alkanes of at least 4 members (excludes halogenated alkanes) is 2. The molecular formula is C12H19O4. The van der Waals surface area contributed by atoms with Crippen LogP contribution in [0.4, 0.5) is 0 Å². The normalized spacial score (nSPS) is 14.9. The third kappa shape index (κ3) is 5.53. The van der Waals surface area contributed by atoms with Gasteiger partial charge in [0.15, 0.2) is 0 Å². The quantitative estimate of drug-likeness (QED) is 0.493. The van der Waals surface area contributed by atoms with Crippen molar-refractivity contribution in [3.63, 3.8) is 0 Å². The van der Waals surface area contributed by atoms with Crippen LogP contribution >= 0.6 is 0 Å². The lowest BCUT2D eigenvalue weighted by Gasteiger charge is -2.22. The van der Waals surface area contributed by atoms with Gasteiger partial charge in [0, 0.05) is 0 Å². The monoisotopic (exact) mass is 227 g/mol. The molecule has 0 rings (SSSR count). The molecule has 0 saturated heterocycles. The largest absolute Gasteiger partial charge is 0.481 e. The van der Waals surface area contributed by atoms with E-state index in [1.54, 1.807) is 0 Å². The van der Waals surface area contributed by atoms with E-state index in [2.05, 4.69) is 6.92 Å². The smallest absolute Gasteiger partial charge is 0.310 e. The summed E-state index contributed by atoms with van der Waals surface area (Å²) in [6, 6.07) is 0. The van der Waals surface area contributed by atoms with E-state index in [4.69, 9.17) is 10.2 Å². The summed E-state index contributed by atoms with van der Waals surface area (Å²) in [4.78, 5) is 21.5. The zero-order valence-electron chi connectivity index (χ0n) is 9.61. The van der Waals surface area contributed by atoms with Crippen LogP contribution in [0.1, 0.15) is 39.0 Å². The second-order valence-electron chi connectivity index (χ2n) is 3.97. The van der Waals surface area contributed by atoms with Crippen LogP contribution in [0.25, 0.3) is 0 Å². The molecule has 0 aliphatic rings. The Kier molecular flexibility index (Phi) is 6.46. The van der Waals surface area contributed by atoms with Crippen molar-refractivity contribution in [2.24, 2.45) is 5.41 Å². The van der Waals surface area contributed by atoms with E-state index in [1.165, 1.54) is 0 Å². The molecule has 0 aromatic heterocycles. The van der Waals surface area contributed by atoms with E-state index in [1.807, 2.05) is 19.1 Å². The first-order chi connectivity index (χ1) is 7.42. The second-order valence-corrected chi connectivity index (χ2v) is 3.97. The van der Waals surface area contributed by atoms with Gasteiger partial charge in [0.05, 0.1) is 11.8 Å². The molecule has 0 fully saturated rings. The number of aliphatic carboxylic acids is 2. The number of carboxylic acid groups (broad SMARTS) is 2. The Bertz CT molecular complexity index is 270. The van der Waals surface area contributed by atoms with E-state index >= 15 is 0 Å². The Morgan fingerprint density at radius 2 is 1.94 bits per heavy atom. The van der Waals surface area contributed by atoms with Crippen LogP contribution in [0, 0.1) is 12.3 Å². The van der Waals surface area contributed by atoms with Crippen molar-refractivity contribution in [1.82, 2.24) is 0 Å². The van der Waals surface area contributed by atoms with Crippen molar-refractivity contribution in [3.8, 4) is 0 Å². The van der Waals surface area contributed by atoms with Crippen LogP contribution in [-0.4, -0.2) is 22.2 Å². The molecule has 2 N–H and O–H groups in total. The molecule has 1 unspecified atom stereocenters. The van der Waals surface area contributed by atoms with Gasteiger partial charge in [-0.25, -0.2) is 0 Å². The molecule has 16 heavy (non-hydrogen) atoms. The molecule has 91 valence electrons. The van der Waals surface area contributed by atoms with Gasteiger partial charge in [-0.3, -0.25) is 9.59 Å². The Morgan fingerprint density at radius 3 is 2.38 bits per heavy atom. The summed E-state index contributed by atoms with van der Waals surface area (Å²) in [6.07, 6.45) is 6.23. The number of hydrogen-bond acceptors (Lipinski definition) is 2. The number of carboxylic acids is 2. The molecule has 4 heteroatoms. The Morgan fingerprint density at radius 1 is 1.31 bits per heavy atom. The highest BCUT2D eigenvalue weighted by Gasteiger charge is 2.35. The average molecular weight is 227 g/mol. The maximum absolute atomic E-state index is 10.9. The van der Waals surface area contributed by atoms with Gasteiger partial charge in [0.2, 0.25) is 0 Å². The van der Waals surface area contributed by atoms with Crippen molar-refractivity contribution in [3.05, 3.63) is 19.1 Å². The zero-order chi connectivity index (χ0) is 12.6. The minimum atomic E-state index is -1.39. The van der Waals surface area contributed by atoms with Crippen molar-refractivity contribution in [2.75, 3.05) is 0 Å². The van der Waals surface area contributed by atoms with Crippen molar-refractivity contribution in [1.29, 1.82) is 0 Å². The van der Waals surface area contributed by atoms with Gasteiger partial charge in [-0.05, 0) is 33.1 Å². The van der Waals surface area contributed by atoms with Gasteiger partial charge in [-0.15, -0.1) is 0 Å². The molecule has 1 atom stereocenters. The summed E-state index contributed by atoms with van der Waals surface area (Å²) >= 11 is 0. The standard InChI is InChI=1S/C12H19O4/c1-3-4-5-6-7-8-12(2,11(15)16)9-10(13)14/h3-4H,2,5-9H2,1H3,(H,13,14)(H,15,16). The molecule has 0 aromatic rings. The number of rotatable bonds is 8. The van der Waals surface area contributed by atoms with Gasteiger partial charge in [-0.1, -0.05) is 18.6 Å². The Hall–Kier alpha value is -1.32. The molecule has 0 aromatic carbocycles. The van der Waals surface area contributed by atoms with Crippen molar-refractivity contribution in [2.45, 2.75) is 39.0 Å². The molecule has 4 nitrogen and oxygen atoms in total. The predicted molar refractivity (Wildman–Crippen MR) is 61.0 cm³/mol. The van der Waals surface area contributed by atoms with Crippen LogP contribution < -0.4 is 0 Å². The van der Waals surface area contributed by atoms with Gasteiger partial charge in [-0.2, -0.15) is 0 Å². The van der Waals surface area contributed by atoms with Gasteiger partial charge < -0.3 is 10.2 Å². The van der Waals surface area contributed by atoms with E-state index in [0.29, 0.717) is 12.8 Å². The fraction of sp³-hybridized carbons (Fsp3) is 0.583. The zero-order valence-corrected chi connectivity index (χ0v) is 9.61. The first kappa shape index (κ1) is 14.7. The fourth-order valence-corrected chi connectivity index (χ4v) is 1.45. The highest BCUT2D eigenvalue weighted by molar-refractivity contribution is 5.82. The number of carbonyl (C=O) groups is 2. The van der Waals surface area contributed by atoms with Crippen LogP contribution in [0.3, 0.4) is 0 Å². The van der Waals surface area contributed by atoms with Gasteiger partial charge in [0.1, 0.15) is 0 Å². The van der Waals surface area contributed by atoms with Crippen molar-refractivity contribution >= 4 is 11.9 Å². The number of hydrogen-bond donors (Lipinski definition) is 2. The summed E-state index contributed by atoms with van der Waals surface area (Å²) in [5, 5.41) is 17.6. The summed E-state index contributed by atoms with van der Waals surface area (Å²) < 4.78 is 0. The lowest BCUT2D eigenvalue weighted by molar-refractivity contribution is -0.153. The topological polar surface area (TPSA) is 74.6 Å². The number of allylic oxidation sites excluding steroid dienone is 2. The van der Waals surface area contributed by atoms with Crippen LogP contribution in [-0.2, 0) is 9.59 Å². The van der Waals surface area contributed by atoms with E-state index in [9.17, 15) is 9.59 Å². The molecule has 1 radical (unpaired) electrons. The summed E-state index contributed by atoms with van der Waals surface area (Å²) in [6.45, 7) is 5.45. The molecule has 0 spiro atoms. The first-order valence-corrected chi connectivity index (χ1v) is 5.34. The molecule has 0 saturated carbocycles. The lowest BCUT2D eigenvalue weighted by atomic mass is 9.81. The first-order valence-electron chi connectivity index (χ1n) is 5.34. The van der Waals surface area contributed by atoms with Crippen LogP contribution in [0.15, 0.2) is 12.2 Å². The van der Waals surface area contributed by atoms with Gasteiger partial charge >= 0.3 is 11.9 Å². The third-order valence-electron chi connectivity index (χ3n) is 2.46. The SMILES string of the molecule is [CH2]C(CCCCC=CC)(CC(=O)O)C(=O)O. The average Bonchev–Trinajstić information content (AvgIpc) is 2.16. The molecule has 0 amide bonds. The predicted octanol–water partition coefficient (Wildman–Crippen LogP) is 2.50. The maximum atomic E-state index is 10.9. The molecular weight excluding hydrogens is 208 g/mol. The molecule has 0 aliphatic carbocycles. The maximum Gasteiger partial charge on any atom is 0.310 e. The van der Waals surface area contributed by atoms with E-state index in [0.717, 1.165) is 12.8 Å². The highest BCUT2D eigenvalue weighted by Crippen LogP contribution is 2.28.